The molecule has 2 aliphatic heterocycles. The van der Waals surface area contributed by atoms with E-state index in [-0.39, 0.29) is 12.5 Å². The van der Waals surface area contributed by atoms with Crippen LogP contribution in [0.15, 0.2) is 6.20 Å². The maximum absolute atomic E-state index is 9.33. The van der Waals surface area contributed by atoms with Crippen LogP contribution in [0.4, 0.5) is 0 Å². The second-order valence-electron chi connectivity index (χ2n) is 5.20. The Bertz CT molecular complexity index is 399. The number of nitrogens with zero attached hydrogens (tertiary/aromatic N) is 2. The van der Waals surface area contributed by atoms with Crippen molar-refractivity contribution in [2.45, 2.75) is 31.9 Å². The van der Waals surface area contributed by atoms with Crippen LogP contribution >= 0.6 is 0 Å². The molecule has 0 aromatic carbocycles. The van der Waals surface area contributed by atoms with Crippen LogP contribution in [0.1, 0.15) is 30.0 Å². The summed E-state index contributed by atoms with van der Waals surface area (Å²) >= 11 is 0. The molecule has 5 heteroatoms. The van der Waals surface area contributed by atoms with Gasteiger partial charge in [0.15, 0.2) is 0 Å². The average molecular weight is 252 g/mol. The quantitative estimate of drug-likeness (QED) is 0.869. The van der Waals surface area contributed by atoms with Gasteiger partial charge in [0.05, 0.1) is 25.5 Å². The summed E-state index contributed by atoms with van der Waals surface area (Å²) in [6, 6.07) is 0. The number of hydrogen-bond donors (Lipinski definition) is 1. The number of rotatable bonds is 3. The van der Waals surface area contributed by atoms with Crippen molar-refractivity contribution in [3.05, 3.63) is 17.5 Å². The first-order chi connectivity index (χ1) is 8.86. The molecule has 1 saturated heterocycles. The van der Waals surface area contributed by atoms with Crippen LogP contribution in [-0.4, -0.2) is 41.3 Å². The van der Waals surface area contributed by atoms with Crippen molar-refractivity contribution in [3.63, 3.8) is 0 Å². The largest absolute Gasteiger partial charge is 0.396 e. The normalized spacial score (nSPS) is 25.1. The average Bonchev–Trinajstić information content (AvgIpc) is 2.82. The fourth-order valence-electron chi connectivity index (χ4n) is 2.76. The highest BCUT2D eigenvalue weighted by molar-refractivity contribution is 5.23. The fourth-order valence-corrected chi connectivity index (χ4v) is 2.76. The van der Waals surface area contributed by atoms with Crippen molar-refractivity contribution in [2.75, 3.05) is 26.4 Å². The Morgan fingerprint density at radius 1 is 1.33 bits per heavy atom. The molecule has 18 heavy (non-hydrogen) atoms. The predicted molar refractivity (Wildman–Crippen MR) is 65.3 cm³/mol. The predicted octanol–water partition coefficient (Wildman–Crippen LogP) is 0.916. The minimum absolute atomic E-state index is 0.0946. The molecule has 1 aromatic rings. The number of aromatic nitrogens is 2. The lowest BCUT2D eigenvalue weighted by molar-refractivity contribution is 0.0596. The molecule has 0 radical (unpaired) electrons. The van der Waals surface area contributed by atoms with E-state index >= 15 is 0 Å². The first kappa shape index (κ1) is 12.1. The standard InChI is InChI=1S/C13H20N2O3/c16-7-11-8-18-9-13-12(11)6-15(14-13)5-10-1-3-17-4-2-10/h6,10-11,16H,1-5,7-9H2/t11-/m1/s1. The van der Waals surface area contributed by atoms with Gasteiger partial charge in [-0.2, -0.15) is 5.10 Å². The Labute approximate surface area is 107 Å². The zero-order valence-electron chi connectivity index (χ0n) is 10.5. The number of aliphatic hydroxyl groups is 1. The van der Waals surface area contributed by atoms with E-state index in [2.05, 4.69) is 11.3 Å². The zero-order chi connectivity index (χ0) is 12.4. The number of fused-ring (bicyclic) bond motifs is 1. The summed E-state index contributed by atoms with van der Waals surface area (Å²) in [4.78, 5) is 0. The third-order valence-corrected chi connectivity index (χ3v) is 3.87. The molecule has 0 aliphatic carbocycles. The number of ether oxygens (including phenoxy) is 2. The van der Waals surface area contributed by atoms with E-state index in [1.54, 1.807) is 0 Å². The van der Waals surface area contributed by atoms with Crippen LogP contribution < -0.4 is 0 Å². The van der Waals surface area contributed by atoms with Gasteiger partial charge in [-0.05, 0) is 18.8 Å². The van der Waals surface area contributed by atoms with Crippen LogP contribution in [-0.2, 0) is 22.6 Å². The van der Waals surface area contributed by atoms with Gasteiger partial charge < -0.3 is 14.6 Å². The summed E-state index contributed by atoms with van der Waals surface area (Å²) in [7, 11) is 0. The molecule has 3 rings (SSSR count). The highest BCUT2D eigenvalue weighted by atomic mass is 16.5. The molecule has 1 aromatic heterocycles. The molecule has 0 amide bonds. The third kappa shape index (κ3) is 2.43. The van der Waals surface area contributed by atoms with Crippen LogP contribution in [0.2, 0.25) is 0 Å². The van der Waals surface area contributed by atoms with Crippen LogP contribution in [0.25, 0.3) is 0 Å². The molecular formula is C13H20N2O3. The number of aliphatic hydroxyl groups excluding tert-OH is 1. The monoisotopic (exact) mass is 252 g/mol. The van der Waals surface area contributed by atoms with E-state index in [0.717, 1.165) is 43.9 Å². The molecule has 100 valence electrons. The summed E-state index contributed by atoms with van der Waals surface area (Å²) in [5.74, 6) is 0.755. The van der Waals surface area contributed by atoms with E-state index in [4.69, 9.17) is 9.47 Å². The highest BCUT2D eigenvalue weighted by Gasteiger charge is 2.24. The molecule has 1 fully saturated rings. The van der Waals surface area contributed by atoms with Crippen molar-refractivity contribution in [1.82, 2.24) is 9.78 Å². The summed E-state index contributed by atoms with van der Waals surface area (Å²) < 4.78 is 12.8. The minimum Gasteiger partial charge on any atom is -0.396 e. The van der Waals surface area contributed by atoms with Gasteiger partial charge in [-0.25, -0.2) is 0 Å². The van der Waals surface area contributed by atoms with Crippen molar-refractivity contribution in [1.29, 1.82) is 0 Å². The van der Waals surface area contributed by atoms with Gasteiger partial charge in [0.2, 0.25) is 0 Å². The molecule has 0 spiro atoms. The highest BCUT2D eigenvalue weighted by Crippen LogP contribution is 2.26. The van der Waals surface area contributed by atoms with Gasteiger partial charge in [-0.1, -0.05) is 0 Å². The first-order valence-corrected chi connectivity index (χ1v) is 6.69. The summed E-state index contributed by atoms with van der Waals surface area (Å²) in [6.07, 6.45) is 4.32. The van der Waals surface area contributed by atoms with Gasteiger partial charge in [-0.3, -0.25) is 4.68 Å². The van der Waals surface area contributed by atoms with Gasteiger partial charge in [-0.15, -0.1) is 0 Å². The van der Waals surface area contributed by atoms with Crippen LogP contribution in [0.3, 0.4) is 0 Å². The Kier molecular flexibility index (Phi) is 3.63. The van der Waals surface area contributed by atoms with E-state index in [9.17, 15) is 5.11 Å². The summed E-state index contributed by atoms with van der Waals surface area (Å²) in [5, 5.41) is 13.9. The smallest absolute Gasteiger partial charge is 0.0918 e. The van der Waals surface area contributed by atoms with Crippen LogP contribution in [0, 0.1) is 5.92 Å². The second kappa shape index (κ2) is 5.38. The van der Waals surface area contributed by atoms with Gasteiger partial charge in [0, 0.05) is 37.4 Å². The Hall–Kier alpha value is -0.910. The Morgan fingerprint density at radius 3 is 2.94 bits per heavy atom. The molecular weight excluding hydrogens is 232 g/mol. The van der Waals surface area contributed by atoms with Crippen molar-refractivity contribution in [3.8, 4) is 0 Å². The molecule has 1 atom stereocenters. The molecule has 3 heterocycles. The first-order valence-electron chi connectivity index (χ1n) is 6.69. The molecule has 0 bridgehead atoms. The van der Waals surface area contributed by atoms with Crippen molar-refractivity contribution < 1.29 is 14.6 Å². The van der Waals surface area contributed by atoms with Gasteiger partial charge in [0.1, 0.15) is 0 Å². The molecule has 1 N–H and O–H groups in total. The maximum atomic E-state index is 9.33. The van der Waals surface area contributed by atoms with E-state index in [1.807, 2.05) is 4.68 Å². The Balaban J connectivity index is 1.71. The summed E-state index contributed by atoms with van der Waals surface area (Å²) in [5.41, 5.74) is 2.16. The molecule has 2 aliphatic rings. The lowest BCUT2D eigenvalue weighted by Gasteiger charge is -2.21. The number of hydrogen-bond acceptors (Lipinski definition) is 4. The van der Waals surface area contributed by atoms with Gasteiger partial charge >= 0.3 is 0 Å². The van der Waals surface area contributed by atoms with Crippen molar-refractivity contribution in [2.24, 2.45) is 5.92 Å². The maximum Gasteiger partial charge on any atom is 0.0918 e. The molecule has 0 saturated carbocycles. The van der Waals surface area contributed by atoms with E-state index in [1.165, 1.54) is 0 Å². The van der Waals surface area contributed by atoms with E-state index in [0.29, 0.717) is 19.1 Å². The topological polar surface area (TPSA) is 56.5 Å². The Morgan fingerprint density at radius 2 is 2.17 bits per heavy atom. The second-order valence-corrected chi connectivity index (χ2v) is 5.20. The lowest BCUT2D eigenvalue weighted by Crippen LogP contribution is -2.20. The minimum atomic E-state index is 0.0946. The van der Waals surface area contributed by atoms with Crippen molar-refractivity contribution >= 4 is 0 Å². The van der Waals surface area contributed by atoms with E-state index < -0.39 is 0 Å². The lowest BCUT2D eigenvalue weighted by atomic mass is 9.99. The summed E-state index contributed by atoms with van der Waals surface area (Å²) in [6.45, 7) is 4.01. The van der Waals surface area contributed by atoms with Crippen LogP contribution in [0.5, 0.6) is 0 Å². The SMILES string of the molecule is OC[C@@H]1COCc2nn(CC3CCOCC3)cc21. The third-order valence-electron chi connectivity index (χ3n) is 3.87. The molecule has 5 nitrogen and oxygen atoms in total. The molecule has 0 unspecified atom stereocenters. The van der Waals surface area contributed by atoms with Gasteiger partial charge in [0.25, 0.3) is 0 Å². The zero-order valence-corrected chi connectivity index (χ0v) is 10.5. The fraction of sp³-hybridized carbons (Fsp3) is 0.769.